The lowest BCUT2D eigenvalue weighted by Crippen LogP contribution is -2.30. The number of benzene rings is 5. The van der Waals surface area contributed by atoms with Crippen LogP contribution in [0, 0.1) is 0 Å². The number of aromatic hydroxyl groups is 1. The van der Waals surface area contributed by atoms with E-state index in [0.717, 1.165) is 10.6 Å². The van der Waals surface area contributed by atoms with Gasteiger partial charge in [0.05, 0.1) is 12.9 Å². The van der Waals surface area contributed by atoms with Gasteiger partial charge in [-0.2, -0.15) is 0 Å². The van der Waals surface area contributed by atoms with Gasteiger partial charge in [-0.1, -0.05) is 42.5 Å². The van der Waals surface area contributed by atoms with E-state index in [1.54, 1.807) is 78.9 Å². The third kappa shape index (κ3) is 9.49. The molecule has 0 unspecified atom stereocenters. The van der Waals surface area contributed by atoms with Crippen LogP contribution < -0.4 is 25.4 Å². The smallest absolute Gasteiger partial charge is 0.272 e. The largest absolute Gasteiger partial charge is 0.508 e. The van der Waals surface area contributed by atoms with Gasteiger partial charge in [-0.15, -0.1) is 11.8 Å². The predicted octanol–water partition coefficient (Wildman–Crippen LogP) is 7.33. The van der Waals surface area contributed by atoms with E-state index in [1.807, 2.05) is 36.4 Å². The number of methoxy groups -OCH3 is 1. The monoisotopic (exact) mass is 645 g/mol. The molecule has 0 fully saturated rings. The van der Waals surface area contributed by atoms with E-state index in [-0.39, 0.29) is 23.1 Å². The molecule has 4 N–H and O–H groups in total. The second-order valence-electron chi connectivity index (χ2n) is 10.1. The topological polar surface area (TPSA) is 126 Å². The molecule has 0 heterocycles. The molecular weight excluding hydrogens is 614 g/mol. The lowest BCUT2D eigenvalue weighted by atomic mass is 10.1. The maximum atomic E-state index is 13.5. The van der Waals surface area contributed by atoms with E-state index in [0.29, 0.717) is 34.0 Å². The van der Waals surface area contributed by atoms with Crippen molar-refractivity contribution in [1.29, 1.82) is 0 Å². The molecule has 0 saturated carbocycles. The maximum absolute atomic E-state index is 13.5. The highest BCUT2D eigenvalue weighted by molar-refractivity contribution is 8.00. The highest BCUT2D eigenvalue weighted by Gasteiger charge is 2.17. The fourth-order valence-electron chi connectivity index (χ4n) is 4.36. The molecule has 0 radical (unpaired) electrons. The second kappa shape index (κ2) is 15.8. The van der Waals surface area contributed by atoms with Gasteiger partial charge in [0.2, 0.25) is 5.91 Å². The minimum absolute atomic E-state index is 0.00680. The zero-order chi connectivity index (χ0) is 33.0. The van der Waals surface area contributed by atoms with Gasteiger partial charge in [-0.3, -0.25) is 14.4 Å². The summed E-state index contributed by atoms with van der Waals surface area (Å²) in [5.41, 5.74) is 1.90. The molecule has 3 amide bonds. The minimum atomic E-state index is -0.580. The lowest BCUT2D eigenvalue weighted by Gasteiger charge is -2.13. The van der Waals surface area contributed by atoms with Gasteiger partial charge in [0.15, 0.2) is 0 Å². The van der Waals surface area contributed by atoms with Crippen LogP contribution in [0.5, 0.6) is 23.0 Å². The Hall–Kier alpha value is -6.00. The molecule has 236 valence electrons. The average molecular weight is 646 g/mol. The van der Waals surface area contributed by atoms with E-state index in [9.17, 15) is 19.5 Å². The Morgan fingerprint density at radius 3 is 2.17 bits per heavy atom. The molecule has 0 saturated heterocycles. The Morgan fingerprint density at radius 1 is 0.745 bits per heavy atom. The summed E-state index contributed by atoms with van der Waals surface area (Å²) in [4.78, 5) is 39.9. The quantitative estimate of drug-likeness (QED) is 0.0827. The summed E-state index contributed by atoms with van der Waals surface area (Å²) >= 11 is 1.31. The predicted molar refractivity (Wildman–Crippen MR) is 184 cm³/mol. The first-order valence-electron chi connectivity index (χ1n) is 14.5. The Balaban J connectivity index is 1.22. The Labute approximate surface area is 276 Å². The van der Waals surface area contributed by atoms with Crippen LogP contribution >= 0.6 is 11.8 Å². The highest BCUT2D eigenvalue weighted by Crippen LogP contribution is 2.27. The first-order chi connectivity index (χ1) is 22.9. The van der Waals surface area contributed by atoms with Crippen LogP contribution in [0.2, 0.25) is 0 Å². The number of carbonyl (C=O) groups is 3. The first kappa shape index (κ1) is 32.4. The van der Waals surface area contributed by atoms with Crippen molar-refractivity contribution in [2.45, 2.75) is 4.90 Å². The summed E-state index contributed by atoms with van der Waals surface area (Å²) in [7, 11) is 1.44. The number of hydrogen-bond acceptors (Lipinski definition) is 7. The van der Waals surface area contributed by atoms with E-state index >= 15 is 0 Å². The number of rotatable bonds is 12. The highest BCUT2D eigenvalue weighted by atomic mass is 32.2. The van der Waals surface area contributed by atoms with E-state index in [2.05, 4.69) is 16.0 Å². The molecule has 0 aliphatic rings. The molecule has 0 aliphatic carbocycles. The zero-order valence-corrected chi connectivity index (χ0v) is 26.1. The number of carbonyl (C=O) groups excluding carboxylic acids is 3. The van der Waals surface area contributed by atoms with Gasteiger partial charge < -0.3 is 30.5 Å². The number of anilines is 2. The fraction of sp³-hybridized carbons (Fsp3) is 0.0541. The SMILES string of the molecule is COc1cc(O)ccc1/C=C(/NC(=O)c1ccccc1)C(=O)Nc1cccc(SCC(=O)Nc2ccc(Oc3ccccc3)cc2)c1. The molecule has 9 nitrogen and oxygen atoms in total. The van der Waals surface area contributed by atoms with Crippen molar-refractivity contribution in [3.63, 3.8) is 0 Å². The molecule has 47 heavy (non-hydrogen) atoms. The summed E-state index contributed by atoms with van der Waals surface area (Å²) in [6.07, 6.45) is 1.47. The van der Waals surface area contributed by atoms with Crippen molar-refractivity contribution >= 4 is 46.9 Å². The van der Waals surface area contributed by atoms with E-state index in [1.165, 1.54) is 37.1 Å². The molecule has 5 aromatic rings. The van der Waals surface area contributed by atoms with Crippen LogP contribution in [0.1, 0.15) is 15.9 Å². The van der Waals surface area contributed by atoms with E-state index < -0.39 is 11.8 Å². The molecule has 0 aliphatic heterocycles. The summed E-state index contributed by atoms with van der Waals surface area (Å²) in [6, 6.07) is 36.5. The average Bonchev–Trinajstić information content (AvgIpc) is 3.09. The molecule has 0 spiro atoms. The van der Waals surface area contributed by atoms with Crippen molar-refractivity contribution in [1.82, 2.24) is 5.32 Å². The number of amides is 3. The van der Waals surface area contributed by atoms with Crippen molar-refractivity contribution in [2.75, 3.05) is 23.5 Å². The Kier molecular flexibility index (Phi) is 10.9. The molecular formula is C37H31N3O6S. The van der Waals surface area contributed by atoms with Gasteiger partial charge in [0.1, 0.15) is 28.7 Å². The minimum Gasteiger partial charge on any atom is -0.508 e. The van der Waals surface area contributed by atoms with Crippen LogP contribution in [0.15, 0.2) is 138 Å². The molecule has 5 rings (SSSR count). The lowest BCUT2D eigenvalue weighted by molar-refractivity contribution is -0.114. The molecule has 5 aromatic carbocycles. The molecule has 0 atom stereocenters. The summed E-state index contributed by atoms with van der Waals surface area (Å²) in [5, 5.41) is 18.2. The van der Waals surface area contributed by atoms with Gasteiger partial charge in [-0.25, -0.2) is 0 Å². The van der Waals surface area contributed by atoms with Crippen molar-refractivity contribution in [3.05, 3.63) is 144 Å². The summed E-state index contributed by atoms with van der Waals surface area (Å²) < 4.78 is 11.1. The van der Waals surface area contributed by atoms with Crippen molar-refractivity contribution in [2.24, 2.45) is 0 Å². The molecule has 0 aromatic heterocycles. The molecule has 0 bridgehead atoms. The van der Waals surface area contributed by atoms with Gasteiger partial charge >= 0.3 is 0 Å². The standard InChI is InChI=1S/C37H31N3O6S/c1-45-34-23-29(41)18-15-26(34)21-33(40-36(43)25-9-4-2-5-10-25)37(44)39-28-11-8-14-32(22-28)47-24-35(42)38-27-16-19-31(20-17-27)46-30-12-6-3-7-13-30/h2-23,41H,24H2,1H3,(H,38,42)(H,39,44)(H,40,43)/b33-21+. The van der Waals surface area contributed by atoms with Crippen molar-refractivity contribution < 1.29 is 29.0 Å². The number of para-hydroxylation sites is 1. The van der Waals surface area contributed by atoms with E-state index in [4.69, 9.17) is 9.47 Å². The molecule has 10 heteroatoms. The zero-order valence-electron chi connectivity index (χ0n) is 25.3. The summed E-state index contributed by atoms with van der Waals surface area (Å²) in [6.45, 7) is 0. The summed E-state index contributed by atoms with van der Waals surface area (Å²) in [5.74, 6) is 0.576. The maximum Gasteiger partial charge on any atom is 0.272 e. The third-order valence-corrected chi connectivity index (χ3v) is 7.62. The fourth-order valence-corrected chi connectivity index (χ4v) is 5.11. The Morgan fingerprint density at radius 2 is 1.45 bits per heavy atom. The van der Waals surface area contributed by atoms with Crippen molar-refractivity contribution in [3.8, 4) is 23.0 Å². The van der Waals surface area contributed by atoms with Crippen LogP contribution in [-0.4, -0.2) is 35.7 Å². The number of ether oxygens (including phenoxy) is 2. The number of phenols is 1. The van der Waals surface area contributed by atoms with Gasteiger partial charge in [0.25, 0.3) is 11.8 Å². The van der Waals surface area contributed by atoms with Crippen LogP contribution in [0.4, 0.5) is 11.4 Å². The number of phenolic OH excluding ortho intramolecular Hbond substituents is 1. The normalized spacial score (nSPS) is 10.9. The van der Waals surface area contributed by atoms with Gasteiger partial charge in [0, 0.05) is 33.5 Å². The van der Waals surface area contributed by atoms with Crippen LogP contribution in [-0.2, 0) is 9.59 Å². The number of hydrogen-bond donors (Lipinski definition) is 4. The van der Waals surface area contributed by atoms with Crippen LogP contribution in [0.3, 0.4) is 0 Å². The third-order valence-electron chi connectivity index (χ3n) is 6.62. The number of nitrogens with one attached hydrogen (secondary N) is 3. The second-order valence-corrected chi connectivity index (χ2v) is 11.1. The van der Waals surface area contributed by atoms with Gasteiger partial charge in [-0.05, 0) is 84.9 Å². The van der Waals surface area contributed by atoms with Crippen LogP contribution in [0.25, 0.3) is 6.08 Å². The Bertz CT molecular complexity index is 1880. The number of thioether (sulfide) groups is 1. The first-order valence-corrected chi connectivity index (χ1v) is 15.5.